The first-order chi connectivity index (χ1) is 19.9. The van der Waals surface area contributed by atoms with E-state index in [-0.39, 0.29) is 25.2 Å². The number of ketones is 4. The summed E-state index contributed by atoms with van der Waals surface area (Å²) in [7, 11) is 0. The SMILES string of the molecule is CC(C)=CCCC(C)=CCC12CC3CC(C(C)(C)O)C(CC=C(C)C)(C1=O)C(=O)C(C(=O)c1ccccc1)(C2=O)C3(C)C. The molecule has 0 spiro atoms. The van der Waals surface area contributed by atoms with Gasteiger partial charge in [-0.25, -0.2) is 0 Å². The van der Waals surface area contributed by atoms with Crippen molar-refractivity contribution in [3.63, 3.8) is 0 Å². The Morgan fingerprint density at radius 1 is 0.884 bits per heavy atom. The van der Waals surface area contributed by atoms with Gasteiger partial charge in [-0.05, 0) is 98.3 Å². The van der Waals surface area contributed by atoms with Crippen LogP contribution >= 0.6 is 0 Å². The van der Waals surface area contributed by atoms with Crippen molar-refractivity contribution < 1.29 is 24.3 Å². The predicted molar refractivity (Wildman–Crippen MR) is 170 cm³/mol. The van der Waals surface area contributed by atoms with E-state index in [0.717, 1.165) is 24.0 Å². The molecule has 43 heavy (non-hydrogen) atoms. The second kappa shape index (κ2) is 11.2. The number of Topliss-reactive ketones (excluding diaryl/α,β-unsaturated/α-hetero) is 4. The maximum atomic E-state index is 15.4. The molecule has 4 aliphatic carbocycles. The molecular weight excluding hydrogens is 536 g/mol. The van der Waals surface area contributed by atoms with Crippen LogP contribution in [0.4, 0.5) is 0 Å². The molecule has 5 unspecified atom stereocenters. The zero-order valence-corrected chi connectivity index (χ0v) is 27.6. The van der Waals surface area contributed by atoms with Gasteiger partial charge < -0.3 is 5.11 Å². The lowest BCUT2D eigenvalue weighted by Crippen LogP contribution is -2.76. The number of hydrogen-bond acceptors (Lipinski definition) is 5. The molecule has 1 N–H and O–H groups in total. The molecule has 5 rings (SSSR count). The van der Waals surface area contributed by atoms with Gasteiger partial charge in [0.15, 0.2) is 28.5 Å². The molecule has 0 saturated heterocycles. The summed E-state index contributed by atoms with van der Waals surface area (Å²) in [5.74, 6) is -3.12. The van der Waals surface area contributed by atoms with Crippen molar-refractivity contribution in [1.29, 1.82) is 0 Å². The topological polar surface area (TPSA) is 88.5 Å². The van der Waals surface area contributed by atoms with Crippen molar-refractivity contribution in [2.75, 3.05) is 0 Å². The van der Waals surface area contributed by atoms with Gasteiger partial charge >= 0.3 is 0 Å². The van der Waals surface area contributed by atoms with Gasteiger partial charge in [0.05, 0.1) is 16.4 Å². The Hall–Kier alpha value is -2.92. The van der Waals surface area contributed by atoms with Crippen LogP contribution in [0.3, 0.4) is 0 Å². The quantitative estimate of drug-likeness (QED) is 0.171. The Kier molecular flexibility index (Phi) is 8.60. The molecule has 5 nitrogen and oxygen atoms in total. The second-order valence-corrected chi connectivity index (χ2v) is 15.1. The van der Waals surface area contributed by atoms with Gasteiger partial charge in [0.2, 0.25) is 0 Å². The fraction of sp³-hybridized carbons (Fsp3) is 0.579. The van der Waals surface area contributed by atoms with Crippen LogP contribution in [0.15, 0.2) is 65.3 Å². The predicted octanol–water partition coefficient (Wildman–Crippen LogP) is 7.83. The summed E-state index contributed by atoms with van der Waals surface area (Å²) in [6, 6.07) is 8.59. The maximum Gasteiger partial charge on any atom is 0.184 e. The summed E-state index contributed by atoms with van der Waals surface area (Å²) < 4.78 is 0. The Labute approximate surface area is 257 Å². The number of aliphatic hydroxyl groups is 1. The van der Waals surface area contributed by atoms with Crippen LogP contribution in [0.25, 0.3) is 0 Å². The van der Waals surface area contributed by atoms with Gasteiger partial charge in [-0.2, -0.15) is 0 Å². The first-order valence-corrected chi connectivity index (χ1v) is 15.8. The number of hydrogen-bond donors (Lipinski definition) is 1. The average Bonchev–Trinajstić information content (AvgIpc) is 3.05. The van der Waals surface area contributed by atoms with E-state index in [1.807, 2.05) is 46.8 Å². The van der Waals surface area contributed by atoms with Crippen molar-refractivity contribution in [3.05, 3.63) is 70.8 Å². The van der Waals surface area contributed by atoms with Crippen LogP contribution in [-0.4, -0.2) is 33.8 Å². The first-order valence-electron chi connectivity index (χ1n) is 15.8. The van der Waals surface area contributed by atoms with E-state index in [9.17, 15) is 9.90 Å². The standard InChI is InChI=1S/C38H50O5/c1-24(2)14-13-15-26(5)19-20-36-23-28-22-29(35(8,9)43)37(31(36)40,21-18-25(3)4)33(42)38(32(36)41,34(28,6)7)30(39)27-16-11-10-12-17-27/h10-12,14,16-19,28-29,43H,13,15,20-23H2,1-9H3. The molecule has 4 saturated carbocycles. The van der Waals surface area contributed by atoms with E-state index in [2.05, 4.69) is 19.9 Å². The summed E-state index contributed by atoms with van der Waals surface area (Å²) in [5, 5.41) is 11.7. The first kappa shape index (κ1) is 33.0. The molecule has 5 heteroatoms. The van der Waals surface area contributed by atoms with Gasteiger partial charge in [-0.1, -0.05) is 79.1 Å². The van der Waals surface area contributed by atoms with E-state index in [1.165, 1.54) is 5.57 Å². The highest BCUT2D eigenvalue weighted by molar-refractivity contribution is 6.42. The summed E-state index contributed by atoms with van der Waals surface area (Å²) in [5.41, 5.74) is -4.19. The van der Waals surface area contributed by atoms with Crippen molar-refractivity contribution in [2.24, 2.45) is 33.5 Å². The Bertz CT molecular complexity index is 1410. The molecule has 1 aromatic rings. The van der Waals surface area contributed by atoms with Gasteiger partial charge in [0.1, 0.15) is 0 Å². The monoisotopic (exact) mass is 586 g/mol. The summed E-state index contributed by atoms with van der Waals surface area (Å²) in [6.45, 7) is 17.0. The molecule has 4 bridgehead atoms. The summed E-state index contributed by atoms with van der Waals surface area (Å²) in [6.07, 6.45) is 8.56. The lowest BCUT2D eigenvalue weighted by Gasteiger charge is -2.60. The van der Waals surface area contributed by atoms with Gasteiger partial charge in [-0.15, -0.1) is 0 Å². The number of carbonyl (C=O) groups is 4. The summed E-state index contributed by atoms with van der Waals surface area (Å²) >= 11 is 0. The number of allylic oxidation sites excluding steroid dienone is 6. The minimum Gasteiger partial charge on any atom is -0.390 e. The third-order valence-electron chi connectivity index (χ3n) is 11.0. The highest BCUT2D eigenvalue weighted by Crippen LogP contribution is 2.72. The van der Waals surface area contributed by atoms with Crippen molar-refractivity contribution in [1.82, 2.24) is 0 Å². The Morgan fingerprint density at radius 3 is 2.05 bits per heavy atom. The van der Waals surface area contributed by atoms with Crippen molar-refractivity contribution in [2.45, 2.75) is 106 Å². The molecule has 232 valence electrons. The minimum atomic E-state index is -2.04. The fourth-order valence-corrected chi connectivity index (χ4v) is 8.56. The van der Waals surface area contributed by atoms with Crippen molar-refractivity contribution in [3.8, 4) is 0 Å². The maximum absolute atomic E-state index is 15.4. The normalized spacial score (nSPS) is 31.6. The molecule has 4 aliphatic rings. The molecular formula is C38H50O5. The Balaban J connectivity index is 2.06. The average molecular weight is 587 g/mol. The van der Waals surface area contributed by atoms with Crippen LogP contribution in [0.5, 0.6) is 0 Å². The molecule has 4 fully saturated rings. The van der Waals surface area contributed by atoms with E-state index in [1.54, 1.807) is 44.2 Å². The van der Waals surface area contributed by atoms with E-state index < -0.39 is 56.3 Å². The molecule has 0 radical (unpaired) electrons. The van der Waals surface area contributed by atoms with E-state index in [4.69, 9.17) is 0 Å². The molecule has 0 heterocycles. The molecule has 0 amide bonds. The van der Waals surface area contributed by atoms with Crippen LogP contribution in [0.1, 0.15) is 111 Å². The highest BCUT2D eigenvalue weighted by atomic mass is 16.3. The lowest BCUT2D eigenvalue weighted by molar-refractivity contribution is -0.184. The second-order valence-electron chi connectivity index (χ2n) is 15.1. The minimum absolute atomic E-state index is 0.0621. The van der Waals surface area contributed by atoms with Crippen molar-refractivity contribution >= 4 is 23.1 Å². The molecule has 5 atom stereocenters. The van der Waals surface area contributed by atoms with Crippen LogP contribution in [0.2, 0.25) is 0 Å². The highest BCUT2D eigenvalue weighted by Gasteiger charge is 2.84. The lowest BCUT2D eigenvalue weighted by atomic mass is 9.36. The van der Waals surface area contributed by atoms with Crippen LogP contribution < -0.4 is 0 Å². The smallest absolute Gasteiger partial charge is 0.184 e. The zero-order chi connectivity index (χ0) is 32.2. The fourth-order valence-electron chi connectivity index (χ4n) is 8.56. The van der Waals surface area contributed by atoms with Gasteiger partial charge in [0, 0.05) is 11.5 Å². The molecule has 0 aromatic heterocycles. The van der Waals surface area contributed by atoms with Crippen LogP contribution in [0, 0.1) is 33.5 Å². The number of fused-ring (bicyclic) bond motifs is 1. The number of rotatable bonds is 10. The number of carbonyl (C=O) groups excluding carboxylic acids is 4. The van der Waals surface area contributed by atoms with Gasteiger partial charge in [0.25, 0.3) is 0 Å². The third-order valence-corrected chi connectivity index (χ3v) is 11.0. The largest absolute Gasteiger partial charge is 0.390 e. The zero-order valence-electron chi connectivity index (χ0n) is 27.6. The number of benzene rings is 1. The molecule has 0 aliphatic heterocycles. The Morgan fingerprint density at radius 2 is 1.49 bits per heavy atom. The third kappa shape index (κ3) is 4.87. The van der Waals surface area contributed by atoms with Crippen LogP contribution in [-0.2, 0) is 14.4 Å². The van der Waals surface area contributed by atoms with Gasteiger partial charge in [-0.3, -0.25) is 19.2 Å². The summed E-state index contributed by atoms with van der Waals surface area (Å²) in [4.78, 5) is 60.7. The van der Waals surface area contributed by atoms with E-state index in [0.29, 0.717) is 12.0 Å². The van der Waals surface area contributed by atoms with E-state index >= 15 is 14.4 Å². The molecule has 1 aromatic carbocycles.